The fraction of sp³-hybridized carbons (Fsp3) is 0.929. The summed E-state index contributed by atoms with van der Waals surface area (Å²) in [4.78, 5) is 16.1. The van der Waals surface area contributed by atoms with Crippen LogP contribution in [0.2, 0.25) is 0 Å². The Kier molecular flexibility index (Phi) is 6.09. The number of piperidine rings is 1. The van der Waals surface area contributed by atoms with Gasteiger partial charge in [-0.25, -0.2) is 0 Å². The lowest BCUT2D eigenvalue weighted by atomic mass is 9.75. The largest absolute Gasteiger partial charge is 0.481 e. The molecule has 1 aliphatic heterocycles. The molecular formula is C14H28N2O2. The average molecular weight is 256 g/mol. The van der Waals surface area contributed by atoms with E-state index in [1.165, 1.54) is 6.42 Å². The highest BCUT2D eigenvalue weighted by Crippen LogP contribution is 2.36. The smallest absolute Gasteiger partial charge is 0.309 e. The first-order valence-electron chi connectivity index (χ1n) is 7.10. The van der Waals surface area contributed by atoms with Gasteiger partial charge in [0.15, 0.2) is 0 Å². The second-order valence-corrected chi connectivity index (χ2v) is 5.83. The van der Waals surface area contributed by atoms with E-state index < -0.39 is 11.4 Å². The Hall–Kier alpha value is -0.610. The Morgan fingerprint density at radius 2 is 1.94 bits per heavy atom. The first-order valence-corrected chi connectivity index (χ1v) is 7.10. The quantitative estimate of drug-likeness (QED) is 0.755. The number of likely N-dealkylation sites (tertiary alicyclic amines) is 1. The molecule has 1 N–H and O–H groups in total. The Labute approximate surface area is 111 Å². The molecule has 4 nitrogen and oxygen atoms in total. The number of rotatable bonds is 7. The monoisotopic (exact) mass is 256 g/mol. The zero-order chi connectivity index (χ0) is 13.6. The van der Waals surface area contributed by atoms with Crippen LogP contribution in [-0.2, 0) is 4.79 Å². The number of aliphatic carboxylic acids is 1. The van der Waals surface area contributed by atoms with Gasteiger partial charge in [0, 0.05) is 0 Å². The highest BCUT2D eigenvalue weighted by atomic mass is 16.4. The molecule has 0 atom stereocenters. The molecule has 0 radical (unpaired) electrons. The summed E-state index contributed by atoms with van der Waals surface area (Å²) in [5.41, 5.74) is -0.438. The molecule has 18 heavy (non-hydrogen) atoms. The number of hydrogen-bond donors (Lipinski definition) is 1. The summed E-state index contributed by atoms with van der Waals surface area (Å²) in [6, 6.07) is 0. The minimum atomic E-state index is -0.586. The van der Waals surface area contributed by atoms with E-state index in [4.69, 9.17) is 0 Å². The molecule has 0 bridgehead atoms. The van der Waals surface area contributed by atoms with Gasteiger partial charge in [-0.3, -0.25) is 4.79 Å². The fourth-order valence-electron chi connectivity index (χ4n) is 2.86. The van der Waals surface area contributed by atoms with E-state index in [2.05, 4.69) is 30.8 Å². The van der Waals surface area contributed by atoms with Gasteiger partial charge in [0.05, 0.1) is 5.41 Å². The van der Waals surface area contributed by atoms with Gasteiger partial charge in [0.2, 0.25) is 0 Å². The summed E-state index contributed by atoms with van der Waals surface area (Å²) < 4.78 is 0. The molecule has 1 aliphatic rings. The molecule has 0 aliphatic carbocycles. The second kappa shape index (κ2) is 7.10. The summed E-state index contributed by atoms with van der Waals surface area (Å²) in [5, 5.41) is 9.43. The summed E-state index contributed by atoms with van der Waals surface area (Å²) >= 11 is 0. The van der Waals surface area contributed by atoms with Crippen molar-refractivity contribution in [1.82, 2.24) is 9.80 Å². The Morgan fingerprint density at radius 3 is 2.39 bits per heavy atom. The molecule has 0 saturated carbocycles. The van der Waals surface area contributed by atoms with Crippen LogP contribution >= 0.6 is 0 Å². The third-order valence-electron chi connectivity index (χ3n) is 4.08. The van der Waals surface area contributed by atoms with Crippen LogP contribution in [0.1, 0.15) is 39.0 Å². The van der Waals surface area contributed by atoms with Gasteiger partial charge in [0.1, 0.15) is 0 Å². The molecule has 0 aromatic rings. The van der Waals surface area contributed by atoms with Crippen molar-refractivity contribution in [3.63, 3.8) is 0 Å². The van der Waals surface area contributed by atoms with Crippen LogP contribution in [0.5, 0.6) is 0 Å². The van der Waals surface area contributed by atoms with E-state index in [0.29, 0.717) is 0 Å². The van der Waals surface area contributed by atoms with Crippen molar-refractivity contribution in [3.8, 4) is 0 Å². The molecule has 1 heterocycles. The maximum Gasteiger partial charge on any atom is 0.309 e. The highest BCUT2D eigenvalue weighted by molar-refractivity contribution is 5.74. The first-order chi connectivity index (χ1) is 8.50. The number of hydrogen-bond acceptors (Lipinski definition) is 3. The zero-order valence-electron chi connectivity index (χ0n) is 12.1. The topological polar surface area (TPSA) is 43.8 Å². The Bertz CT molecular complexity index is 259. The van der Waals surface area contributed by atoms with Crippen LogP contribution < -0.4 is 0 Å². The number of carboxylic acids is 1. The van der Waals surface area contributed by atoms with Gasteiger partial charge in [-0.2, -0.15) is 0 Å². The molecule has 4 heteroatoms. The molecule has 0 spiro atoms. The highest BCUT2D eigenvalue weighted by Gasteiger charge is 2.40. The van der Waals surface area contributed by atoms with Crippen molar-refractivity contribution >= 4 is 5.97 Å². The maximum atomic E-state index is 11.5. The van der Waals surface area contributed by atoms with Crippen molar-refractivity contribution in [2.24, 2.45) is 5.41 Å². The molecule has 1 rings (SSSR count). The van der Waals surface area contributed by atoms with E-state index in [1.54, 1.807) is 0 Å². The SMILES string of the molecule is CCCC1(C(=O)O)CCN(CCCN(C)C)CC1. The predicted octanol–water partition coefficient (Wildman–Crippen LogP) is 1.91. The molecule has 1 fully saturated rings. The van der Waals surface area contributed by atoms with Gasteiger partial charge in [0.25, 0.3) is 0 Å². The lowest BCUT2D eigenvalue weighted by Crippen LogP contribution is -2.44. The molecule has 1 saturated heterocycles. The van der Waals surface area contributed by atoms with Crippen molar-refractivity contribution in [2.45, 2.75) is 39.0 Å². The van der Waals surface area contributed by atoms with E-state index in [-0.39, 0.29) is 0 Å². The number of nitrogens with zero attached hydrogens (tertiary/aromatic N) is 2. The van der Waals surface area contributed by atoms with Crippen LogP contribution in [0.25, 0.3) is 0 Å². The first kappa shape index (κ1) is 15.4. The summed E-state index contributed by atoms with van der Waals surface area (Å²) in [6.45, 7) is 6.17. The van der Waals surface area contributed by atoms with Crippen molar-refractivity contribution < 1.29 is 9.90 Å². The standard InChI is InChI=1S/C14H28N2O2/c1-4-6-14(13(17)18)7-11-16(12-8-14)10-5-9-15(2)3/h4-12H2,1-3H3,(H,17,18). The summed E-state index contributed by atoms with van der Waals surface area (Å²) in [5.74, 6) is -0.586. The van der Waals surface area contributed by atoms with E-state index in [1.807, 2.05) is 0 Å². The predicted molar refractivity (Wildman–Crippen MR) is 73.8 cm³/mol. The lowest BCUT2D eigenvalue weighted by Gasteiger charge is -2.39. The normalized spacial score (nSPS) is 20.2. The Morgan fingerprint density at radius 1 is 1.33 bits per heavy atom. The van der Waals surface area contributed by atoms with Crippen LogP contribution in [0.4, 0.5) is 0 Å². The summed E-state index contributed by atoms with van der Waals surface area (Å²) in [6.07, 6.45) is 4.60. The third-order valence-corrected chi connectivity index (χ3v) is 4.08. The van der Waals surface area contributed by atoms with E-state index >= 15 is 0 Å². The van der Waals surface area contributed by atoms with Crippen LogP contribution in [-0.4, -0.2) is 61.2 Å². The molecule has 0 unspecified atom stereocenters. The molecule has 106 valence electrons. The summed E-state index contributed by atoms with van der Waals surface area (Å²) in [7, 11) is 4.18. The van der Waals surface area contributed by atoms with Gasteiger partial charge >= 0.3 is 5.97 Å². The molecular weight excluding hydrogens is 228 g/mol. The van der Waals surface area contributed by atoms with Gasteiger partial charge in [-0.1, -0.05) is 13.3 Å². The average Bonchev–Trinajstić information content (AvgIpc) is 2.31. The minimum absolute atomic E-state index is 0.438. The molecule has 0 aromatic carbocycles. The van der Waals surface area contributed by atoms with Gasteiger partial charge in [-0.15, -0.1) is 0 Å². The maximum absolute atomic E-state index is 11.5. The zero-order valence-corrected chi connectivity index (χ0v) is 12.1. The molecule has 0 aromatic heterocycles. The second-order valence-electron chi connectivity index (χ2n) is 5.83. The van der Waals surface area contributed by atoms with Gasteiger partial charge in [-0.05, 0) is 66.0 Å². The molecule has 0 amide bonds. The van der Waals surface area contributed by atoms with Crippen LogP contribution in [0.3, 0.4) is 0 Å². The van der Waals surface area contributed by atoms with E-state index in [9.17, 15) is 9.90 Å². The Balaban J connectivity index is 2.36. The third kappa shape index (κ3) is 4.25. The van der Waals surface area contributed by atoms with Crippen molar-refractivity contribution in [1.29, 1.82) is 0 Å². The number of carboxylic acid groups (broad SMARTS) is 1. The van der Waals surface area contributed by atoms with Crippen LogP contribution in [0, 0.1) is 5.41 Å². The van der Waals surface area contributed by atoms with E-state index in [0.717, 1.165) is 51.9 Å². The van der Waals surface area contributed by atoms with Crippen molar-refractivity contribution in [3.05, 3.63) is 0 Å². The fourth-order valence-corrected chi connectivity index (χ4v) is 2.86. The van der Waals surface area contributed by atoms with Gasteiger partial charge < -0.3 is 14.9 Å². The minimum Gasteiger partial charge on any atom is -0.481 e. The van der Waals surface area contributed by atoms with Crippen molar-refractivity contribution in [2.75, 3.05) is 40.3 Å². The lowest BCUT2D eigenvalue weighted by molar-refractivity contribution is -0.152. The number of carbonyl (C=O) groups is 1. The van der Waals surface area contributed by atoms with Crippen LogP contribution in [0.15, 0.2) is 0 Å².